The Morgan fingerprint density at radius 3 is 2.57 bits per heavy atom. The van der Waals surface area contributed by atoms with E-state index in [1.807, 2.05) is 0 Å². The minimum atomic E-state index is -0.275. The summed E-state index contributed by atoms with van der Waals surface area (Å²) in [5.74, 6) is 0.972. The summed E-state index contributed by atoms with van der Waals surface area (Å²) in [4.78, 5) is 8.60. The number of halogens is 1. The molecule has 0 spiro atoms. The molecule has 1 heterocycles. The molecule has 0 bridgehead atoms. The highest BCUT2D eigenvalue weighted by atomic mass is 19.1. The van der Waals surface area contributed by atoms with Crippen molar-refractivity contribution in [2.45, 2.75) is 32.7 Å². The predicted molar refractivity (Wildman–Crippen MR) is 89.9 cm³/mol. The maximum atomic E-state index is 12.9. The Kier molecular flexibility index (Phi) is 5.36. The zero-order valence-corrected chi connectivity index (χ0v) is 14.0. The van der Waals surface area contributed by atoms with Crippen molar-refractivity contribution in [2.24, 2.45) is 4.99 Å². The number of oxazole rings is 1. The number of hydrogen-bond acceptors (Lipinski definition) is 3. The van der Waals surface area contributed by atoms with Gasteiger partial charge in [-0.05, 0) is 45.0 Å². The van der Waals surface area contributed by atoms with Crippen LogP contribution in [0.1, 0.15) is 26.5 Å². The molecular formula is C17H23FN4O. The molecule has 0 aliphatic rings. The Labute approximate surface area is 136 Å². The van der Waals surface area contributed by atoms with E-state index in [0.717, 1.165) is 17.2 Å². The van der Waals surface area contributed by atoms with Crippen LogP contribution in [0.5, 0.6) is 0 Å². The highest BCUT2D eigenvalue weighted by Gasteiger charge is 2.12. The van der Waals surface area contributed by atoms with Gasteiger partial charge in [-0.3, -0.25) is 4.99 Å². The summed E-state index contributed by atoms with van der Waals surface area (Å²) < 4.78 is 18.4. The maximum Gasteiger partial charge on any atom is 0.226 e. The molecule has 0 amide bonds. The lowest BCUT2D eigenvalue weighted by Crippen LogP contribution is -2.48. The topological polar surface area (TPSA) is 62.5 Å². The second-order valence-electron chi connectivity index (χ2n) is 6.27. The van der Waals surface area contributed by atoms with Gasteiger partial charge in [0.1, 0.15) is 12.1 Å². The van der Waals surface area contributed by atoms with Crippen LogP contribution in [0.4, 0.5) is 4.39 Å². The normalized spacial score (nSPS) is 12.3. The SMILES string of the molecule is CN=C(NCCc1coc(-c2ccc(F)cc2)n1)NC(C)(C)C. The third-order valence-corrected chi connectivity index (χ3v) is 3.03. The molecule has 0 aliphatic heterocycles. The van der Waals surface area contributed by atoms with Crippen LogP contribution in [-0.4, -0.2) is 30.1 Å². The smallest absolute Gasteiger partial charge is 0.226 e. The van der Waals surface area contributed by atoms with E-state index in [1.165, 1.54) is 12.1 Å². The van der Waals surface area contributed by atoms with Gasteiger partial charge in [0.05, 0.1) is 5.69 Å². The van der Waals surface area contributed by atoms with Crippen LogP contribution in [0.25, 0.3) is 11.5 Å². The van der Waals surface area contributed by atoms with Crippen molar-refractivity contribution >= 4 is 5.96 Å². The van der Waals surface area contributed by atoms with Crippen molar-refractivity contribution in [1.82, 2.24) is 15.6 Å². The van der Waals surface area contributed by atoms with Crippen molar-refractivity contribution in [2.75, 3.05) is 13.6 Å². The molecule has 0 unspecified atom stereocenters. The second kappa shape index (κ2) is 7.26. The lowest BCUT2D eigenvalue weighted by molar-refractivity contribution is 0.501. The molecule has 0 saturated carbocycles. The van der Waals surface area contributed by atoms with Crippen molar-refractivity contribution in [3.05, 3.63) is 42.0 Å². The maximum absolute atomic E-state index is 12.9. The fourth-order valence-electron chi connectivity index (χ4n) is 1.99. The molecule has 23 heavy (non-hydrogen) atoms. The van der Waals surface area contributed by atoms with Crippen molar-refractivity contribution < 1.29 is 8.81 Å². The van der Waals surface area contributed by atoms with Gasteiger partial charge in [0.2, 0.25) is 5.89 Å². The summed E-state index contributed by atoms with van der Waals surface area (Å²) in [7, 11) is 1.74. The van der Waals surface area contributed by atoms with Gasteiger partial charge in [0.15, 0.2) is 5.96 Å². The Bertz CT molecular complexity index is 656. The molecule has 1 aromatic heterocycles. The quantitative estimate of drug-likeness (QED) is 0.672. The van der Waals surface area contributed by atoms with Crippen LogP contribution in [-0.2, 0) is 6.42 Å². The van der Waals surface area contributed by atoms with E-state index in [0.29, 0.717) is 18.9 Å². The number of nitrogens with one attached hydrogen (secondary N) is 2. The van der Waals surface area contributed by atoms with Crippen LogP contribution >= 0.6 is 0 Å². The van der Waals surface area contributed by atoms with Gasteiger partial charge < -0.3 is 15.1 Å². The molecule has 0 saturated heterocycles. The third kappa shape index (κ3) is 5.39. The first-order valence-electron chi connectivity index (χ1n) is 7.56. The number of rotatable bonds is 4. The molecule has 0 aliphatic carbocycles. The van der Waals surface area contributed by atoms with Gasteiger partial charge in [-0.15, -0.1) is 0 Å². The van der Waals surface area contributed by atoms with Crippen molar-refractivity contribution in [3.8, 4) is 11.5 Å². The van der Waals surface area contributed by atoms with Gasteiger partial charge in [0, 0.05) is 31.1 Å². The Balaban J connectivity index is 1.89. The Hall–Kier alpha value is -2.37. The number of benzene rings is 1. The summed E-state index contributed by atoms with van der Waals surface area (Å²) in [6, 6.07) is 6.09. The lowest BCUT2D eigenvalue weighted by Gasteiger charge is -2.23. The molecule has 2 N–H and O–H groups in total. The van der Waals surface area contributed by atoms with Crippen LogP contribution in [0.2, 0.25) is 0 Å². The highest BCUT2D eigenvalue weighted by molar-refractivity contribution is 5.80. The number of guanidine groups is 1. The highest BCUT2D eigenvalue weighted by Crippen LogP contribution is 2.18. The summed E-state index contributed by atoms with van der Waals surface area (Å²) in [5.41, 5.74) is 1.55. The van der Waals surface area contributed by atoms with E-state index in [9.17, 15) is 4.39 Å². The fraction of sp³-hybridized carbons (Fsp3) is 0.412. The van der Waals surface area contributed by atoms with E-state index in [4.69, 9.17) is 4.42 Å². The first-order chi connectivity index (χ1) is 10.9. The van der Waals surface area contributed by atoms with Crippen LogP contribution < -0.4 is 10.6 Å². The molecule has 0 fully saturated rings. The lowest BCUT2D eigenvalue weighted by atomic mass is 10.1. The molecule has 6 heteroatoms. The van der Waals surface area contributed by atoms with E-state index in [1.54, 1.807) is 25.4 Å². The van der Waals surface area contributed by atoms with Gasteiger partial charge in [-0.1, -0.05) is 0 Å². The van der Waals surface area contributed by atoms with Crippen molar-refractivity contribution in [3.63, 3.8) is 0 Å². The summed E-state index contributed by atoms with van der Waals surface area (Å²) in [6.45, 7) is 6.91. The average molecular weight is 318 g/mol. The van der Waals surface area contributed by atoms with Gasteiger partial charge in [0.25, 0.3) is 0 Å². The third-order valence-electron chi connectivity index (χ3n) is 3.03. The zero-order chi connectivity index (χ0) is 16.9. The number of aromatic nitrogens is 1. The fourth-order valence-corrected chi connectivity index (χ4v) is 1.99. The Morgan fingerprint density at radius 2 is 1.96 bits per heavy atom. The average Bonchev–Trinajstić information content (AvgIpc) is 2.94. The van der Waals surface area contributed by atoms with E-state index >= 15 is 0 Å². The summed E-state index contributed by atoms with van der Waals surface area (Å²) in [5, 5.41) is 6.53. The van der Waals surface area contributed by atoms with Gasteiger partial charge in [-0.25, -0.2) is 9.37 Å². The first-order valence-corrected chi connectivity index (χ1v) is 7.56. The summed E-state index contributed by atoms with van der Waals surface area (Å²) in [6.07, 6.45) is 2.33. The molecule has 1 aromatic carbocycles. The zero-order valence-electron chi connectivity index (χ0n) is 14.0. The largest absolute Gasteiger partial charge is 0.444 e. The standard InChI is InChI=1S/C17H23FN4O/c1-17(2,3)22-16(19-4)20-10-9-14-11-23-15(21-14)12-5-7-13(18)8-6-12/h5-8,11H,9-10H2,1-4H3,(H2,19,20,22). The van der Waals surface area contributed by atoms with Gasteiger partial charge >= 0.3 is 0 Å². The minimum absolute atomic E-state index is 0.0501. The van der Waals surface area contributed by atoms with E-state index in [2.05, 4.69) is 41.4 Å². The van der Waals surface area contributed by atoms with Crippen LogP contribution in [0, 0.1) is 5.82 Å². The minimum Gasteiger partial charge on any atom is -0.444 e. The Morgan fingerprint density at radius 1 is 1.26 bits per heavy atom. The van der Waals surface area contributed by atoms with Gasteiger partial charge in [-0.2, -0.15) is 0 Å². The van der Waals surface area contributed by atoms with Crippen LogP contribution in [0.15, 0.2) is 39.9 Å². The first kappa shape index (κ1) is 17.0. The molecule has 2 aromatic rings. The predicted octanol–water partition coefficient (Wildman–Crippen LogP) is 2.99. The molecule has 2 rings (SSSR count). The van der Waals surface area contributed by atoms with Crippen LogP contribution in [0.3, 0.4) is 0 Å². The van der Waals surface area contributed by atoms with E-state index in [-0.39, 0.29) is 11.4 Å². The monoisotopic (exact) mass is 318 g/mol. The molecule has 0 radical (unpaired) electrons. The number of aliphatic imine (C=N–C) groups is 1. The second-order valence-corrected chi connectivity index (χ2v) is 6.27. The van der Waals surface area contributed by atoms with Crippen molar-refractivity contribution in [1.29, 1.82) is 0 Å². The van der Waals surface area contributed by atoms with E-state index < -0.39 is 0 Å². The number of nitrogens with zero attached hydrogens (tertiary/aromatic N) is 2. The molecule has 5 nitrogen and oxygen atoms in total. The molecular weight excluding hydrogens is 295 g/mol. The number of hydrogen-bond donors (Lipinski definition) is 2. The summed E-state index contributed by atoms with van der Waals surface area (Å²) >= 11 is 0. The molecule has 0 atom stereocenters. The molecule has 124 valence electrons.